The first-order chi connectivity index (χ1) is 14.3. The van der Waals surface area contributed by atoms with Crippen LogP contribution in [-0.4, -0.2) is 32.7 Å². The van der Waals surface area contributed by atoms with Crippen LogP contribution in [0.2, 0.25) is 0 Å². The minimum atomic E-state index is -1.22. The fraction of sp³-hybridized carbons (Fsp3) is 0.350. The molecule has 0 saturated heterocycles. The van der Waals surface area contributed by atoms with Crippen molar-refractivity contribution >= 4 is 40.1 Å². The van der Waals surface area contributed by atoms with Crippen LogP contribution < -0.4 is 10.0 Å². The van der Waals surface area contributed by atoms with E-state index in [1.165, 1.54) is 24.1 Å². The van der Waals surface area contributed by atoms with Crippen LogP contribution in [0.5, 0.6) is 0 Å². The van der Waals surface area contributed by atoms with E-state index in [9.17, 15) is 18.3 Å². The molecule has 3 aromatic rings. The molecule has 6 nitrogen and oxygen atoms in total. The molecule has 0 radical (unpaired) electrons. The third kappa shape index (κ3) is 3.94. The van der Waals surface area contributed by atoms with Gasteiger partial charge in [-0.25, -0.2) is 18.2 Å². The first-order valence-electron chi connectivity index (χ1n) is 9.34. The molecule has 4 rings (SSSR count). The topological polar surface area (TPSA) is 90.6 Å². The number of benzene rings is 2. The van der Waals surface area contributed by atoms with Crippen LogP contribution in [0.25, 0.3) is 11.1 Å². The van der Waals surface area contributed by atoms with Crippen molar-refractivity contribution in [2.75, 3.05) is 16.6 Å². The Balaban J connectivity index is 1.71. The van der Waals surface area contributed by atoms with Crippen molar-refractivity contribution in [3.63, 3.8) is 0 Å². The molecule has 30 heavy (non-hydrogen) atoms. The van der Waals surface area contributed by atoms with Crippen LogP contribution in [0.15, 0.2) is 29.0 Å². The second-order valence-electron chi connectivity index (χ2n) is 7.44. The number of rotatable bonds is 8. The Labute approximate surface area is 174 Å². The Hall–Kier alpha value is -2.43. The molecule has 160 valence electrons. The highest BCUT2D eigenvalue weighted by molar-refractivity contribution is 8.02. The van der Waals surface area contributed by atoms with Crippen LogP contribution in [0.3, 0.4) is 0 Å². The Morgan fingerprint density at radius 3 is 2.67 bits per heavy atom. The summed E-state index contributed by atoms with van der Waals surface area (Å²) in [5.74, 6) is -3.04. The average molecular weight is 439 g/mol. The zero-order valence-corrected chi connectivity index (χ0v) is 16.8. The molecule has 0 bridgehead atoms. The van der Waals surface area contributed by atoms with Gasteiger partial charge in [-0.05, 0) is 55.8 Å². The van der Waals surface area contributed by atoms with Gasteiger partial charge in [-0.15, -0.1) is 0 Å². The van der Waals surface area contributed by atoms with E-state index < -0.39 is 23.6 Å². The van der Waals surface area contributed by atoms with Gasteiger partial charge in [0.2, 0.25) is 0 Å². The number of oxazole rings is 1. The maximum absolute atomic E-state index is 14.9. The fourth-order valence-corrected chi connectivity index (χ4v) is 4.32. The summed E-state index contributed by atoms with van der Waals surface area (Å²) in [7, 11) is 0. The molecular formula is C20H20F3N3O3S. The summed E-state index contributed by atoms with van der Waals surface area (Å²) in [6, 6.07) is 4.36. The number of fused-ring (bicyclic) bond motifs is 1. The maximum atomic E-state index is 14.9. The zero-order chi connectivity index (χ0) is 21.5. The number of nitrogens with zero attached hydrogens (tertiary/aromatic N) is 1. The Bertz CT molecular complexity index is 1090. The first kappa shape index (κ1) is 20.8. The molecule has 1 aliphatic rings. The van der Waals surface area contributed by atoms with Crippen molar-refractivity contribution in [1.29, 1.82) is 0 Å². The lowest BCUT2D eigenvalue weighted by atomic mass is 10.2. The number of nitrogens with one attached hydrogen (secondary N) is 2. The molecule has 0 aliphatic heterocycles. The molecule has 1 aliphatic carbocycles. The second-order valence-corrected chi connectivity index (χ2v) is 8.72. The Morgan fingerprint density at radius 1 is 1.23 bits per heavy atom. The van der Waals surface area contributed by atoms with Gasteiger partial charge in [0.05, 0.1) is 18.4 Å². The van der Waals surface area contributed by atoms with Crippen molar-refractivity contribution in [2.45, 2.75) is 37.0 Å². The van der Waals surface area contributed by atoms with Crippen molar-refractivity contribution in [1.82, 2.24) is 4.98 Å². The SMILES string of the molecule is Cc1ccc(Nc2c(F)c(F)c3ncoc3c2NSC2(CC(O)CO)CC2)c(F)c1. The zero-order valence-electron chi connectivity index (χ0n) is 16.0. The highest BCUT2D eigenvalue weighted by Gasteiger charge is 2.45. The number of hydrogen-bond acceptors (Lipinski definition) is 7. The van der Waals surface area contributed by atoms with Gasteiger partial charge in [-0.3, -0.25) is 0 Å². The lowest BCUT2D eigenvalue weighted by Gasteiger charge is -2.20. The summed E-state index contributed by atoms with van der Waals surface area (Å²) in [5, 5.41) is 21.5. The predicted octanol–water partition coefficient (Wildman–Crippen LogP) is 4.63. The third-order valence-electron chi connectivity index (χ3n) is 5.04. The maximum Gasteiger partial charge on any atom is 0.190 e. The number of aromatic nitrogens is 1. The summed E-state index contributed by atoms with van der Waals surface area (Å²) in [5.41, 5.74) is 0.118. The molecule has 1 heterocycles. The Morgan fingerprint density at radius 2 is 2.00 bits per heavy atom. The van der Waals surface area contributed by atoms with E-state index in [1.807, 2.05) is 0 Å². The summed E-state index contributed by atoms with van der Waals surface area (Å²) in [4.78, 5) is 3.73. The van der Waals surface area contributed by atoms with Gasteiger partial charge in [-0.2, -0.15) is 0 Å². The molecule has 10 heteroatoms. The van der Waals surface area contributed by atoms with Crippen molar-refractivity contribution in [2.24, 2.45) is 0 Å². The smallest absolute Gasteiger partial charge is 0.190 e. The van der Waals surface area contributed by atoms with Crippen LogP contribution >= 0.6 is 11.9 Å². The van der Waals surface area contributed by atoms with Crippen molar-refractivity contribution < 1.29 is 27.8 Å². The predicted molar refractivity (Wildman–Crippen MR) is 109 cm³/mol. The number of halogens is 3. The van der Waals surface area contributed by atoms with E-state index in [4.69, 9.17) is 9.52 Å². The minimum Gasteiger partial charge on any atom is -0.441 e. The van der Waals surface area contributed by atoms with Crippen molar-refractivity contribution in [3.05, 3.63) is 47.6 Å². The summed E-state index contributed by atoms with van der Waals surface area (Å²) >= 11 is 1.22. The van der Waals surface area contributed by atoms with Crippen LogP contribution in [-0.2, 0) is 0 Å². The molecule has 2 aromatic carbocycles. The molecule has 1 fully saturated rings. The normalized spacial score (nSPS) is 15.9. The van der Waals surface area contributed by atoms with E-state index in [0.717, 1.165) is 19.2 Å². The van der Waals surface area contributed by atoms with Gasteiger partial charge in [0.25, 0.3) is 0 Å². The number of hydrogen-bond donors (Lipinski definition) is 4. The lowest BCUT2D eigenvalue weighted by Crippen LogP contribution is -2.21. The van der Waals surface area contributed by atoms with Crippen molar-refractivity contribution in [3.8, 4) is 0 Å². The van der Waals surface area contributed by atoms with E-state index >= 15 is 0 Å². The average Bonchev–Trinajstić information content (AvgIpc) is 3.29. The largest absolute Gasteiger partial charge is 0.441 e. The summed E-state index contributed by atoms with van der Waals surface area (Å²) in [6.07, 6.45) is 2.01. The van der Waals surface area contributed by atoms with Gasteiger partial charge < -0.3 is 24.7 Å². The van der Waals surface area contributed by atoms with Crippen LogP contribution in [0.4, 0.5) is 30.2 Å². The molecule has 1 unspecified atom stereocenters. The van der Waals surface area contributed by atoms with Crippen LogP contribution in [0, 0.1) is 24.4 Å². The summed E-state index contributed by atoms with van der Waals surface area (Å²) in [6.45, 7) is 1.35. The lowest BCUT2D eigenvalue weighted by molar-refractivity contribution is 0.0865. The monoisotopic (exact) mass is 439 g/mol. The molecule has 1 saturated carbocycles. The van der Waals surface area contributed by atoms with Gasteiger partial charge >= 0.3 is 0 Å². The Kier molecular flexibility index (Phi) is 5.56. The minimum absolute atomic E-state index is 0.0186. The summed E-state index contributed by atoms with van der Waals surface area (Å²) < 4.78 is 51.7. The van der Waals surface area contributed by atoms with E-state index in [-0.39, 0.29) is 39.5 Å². The molecule has 1 aromatic heterocycles. The first-order valence-corrected chi connectivity index (χ1v) is 10.2. The van der Waals surface area contributed by atoms with E-state index in [1.54, 1.807) is 13.0 Å². The molecule has 4 N–H and O–H groups in total. The molecule has 0 amide bonds. The highest BCUT2D eigenvalue weighted by atomic mass is 32.2. The second kappa shape index (κ2) is 8.01. The van der Waals surface area contributed by atoms with Crippen LogP contribution in [0.1, 0.15) is 24.8 Å². The van der Waals surface area contributed by atoms with Gasteiger partial charge in [0, 0.05) is 4.75 Å². The number of aliphatic hydroxyl groups excluding tert-OH is 2. The molecule has 0 spiro atoms. The molecular weight excluding hydrogens is 419 g/mol. The van der Waals surface area contributed by atoms with E-state index in [0.29, 0.717) is 12.0 Å². The third-order valence-corrected chi connectivity index (χ3v) is 6.36. The highest BCUT2D eigenvalue weighted by Crippen LogP contribution is 2.53. The molecule has 1 atom stereocenters. The van der Waals surface area contributed by atoms with Gasteiger partial charge in [0.1, 0.15) is 17.2 Å². The number of anilines is 3. The van der Waals surface area contributed by atoms with Gasteiger partial charge in [-0.1, -0.05) is 6.07 Å². The van der Waals surface area contributed by atoms with E-state index in [2.05, 4.69) is 15.0 Å². The number of aliphatic hydroxyl groups is 2. The standard InChI is InChI=1S/C20H20F3N3O3S/c1-10-2-3-13(12(21)6-10)25-16-14(22)15(23)17-19(29-9-24-17)18(16)26-30-20(4-5-20)7-11(28)8-27/h2-3,6,9,11,25-28H,4-5,7-8H2,1H3. The fourth-order valence-electron chi connectivity index (χ4n) is 3.23. The number of aryl methyl sites for hydroxylation is 1. The quantitative estimate of drug-likeness (QED) is 0.381. The van der Waals surface area contributed by atoms with Gasteiger partial charge in [0.15, 0.2) is 29.1 Å².